The van der Waals surface area contributed by atoms with Gasteiger partial charge in [-0.3, -0.25) is 4.79 Å². The summed E-state index contributed by atoms with van der Waals surface area (Å²) in [5.41, 5.74) is 1.99. The molecular formula is C12H16ClNO2. The minimum Gasteiger partial charge on any atom is -0.396 e. The molecule has 1 amide bonds. The Bertz CT molecular complexity index is 379. The average Bonchev–Trinajstić information content (AvgIpc) is 2.28. The summed E-state index contributed by atoms with van der Waals surface area (Å²) < 4.78 is 0. The van der Waals surface area contributed by atoms with Gasteiger partial charge in [0.1, 0.15) is 0 Å². The summed E-state index contributed by atoms with van der Waals surface area (Å²) in [6, 6.07) is 5.67. The van der Waals surface area contributed by atoms with Crippen LogP contribution in [0.5, 0.6) is 0 Å². The number of hydrogen-bond acceptors (Lipinski definition) is 2. The summed E-state index contributed by atoms with van der Waals surface area (Å²) in [5.74, 6) is -0.552. The number of carbonyl (C=O) groups excluding carboxylic acids is 1. The quantitative estimate of drug-likeness (QED) is 0.846. The second-order valence-electron chi connectivity index (χ2n) is 3.90. The Morgan fingerprint density at radius 2 is 2.25 bits per heavy atom. The molecule has 1 aromatic carbocycles. The maximum Gasteiger partial charge on any atom is 0.225 e. The molecule has 0 aliphatic heterocycles. The Balaban J connectivity index is 2.61. The molecule has 2 N–H and O–H groups in total. The molecule has 0 radical (unpaired) electrons. The average molecular weight is 242 g/mol. The number of aliphatic hydroxyl groups is 1. The third-order valence-corrected chi connectivity index (χ3v) is 2.74. The second-order valence-corrected chi connectivity index (χ2v) is 4.30. The van der Waals surface area contributed by atoms with E-state index in [-0.39, 0.29) is 18.4 Å². The first kappa shape index (κ1) is 13.0. The number of nitrogens with one attached hydrogen (secondary N) is 1. The molecule has 1 unspecified atom stereocenters. The predicted molar refractivity (Wildman–Crippen MR) is 64.3 cm³/mol. The van der Waals surface area contributed by atoms with Gasteiger partial charge >= 0.3 is 0 Å². The number of halogens is 1. The summed E-state index contributed by atoms with van der Waals surface area (Å²) in [7, 11) is 0. The van der Waals surface area contributed by atoms with E-state index in [1.807, 2.05) is 25.1 Å². The molecular weight excluding hydrogens is 226 g/mol. The molecule has 0 bridgehead atoms. The zero-order valence-electron chi connectivity index (χ0n) is 9.46. The molecule has 88 valence electrons. The first-order valence-corrected chi connectivity index (χ1v) is 5.56. The smallest absolute Gasteiger partial charge is 0.225 e. The molecule has 3 nitrogen and oxygen atoms in total. The Labute approximate surface area is 100 Å². The van der Waals surface area contributed by atoms with E-state index in [0.717, 1.165) is 11.1 Å². The fourth-order valence-electron chi connectivity index (χ4n) is 1.28. The molecule has 1 rings (SSSR count). The Morgan fingerprint density at radius 1 is 1.56 bits per heavy atom. The van der Waals surface area contributed by atoms with Crippen LogP contribution in [0.25, 0.3) is 0 Å². The molecule has 1 aromatic rings. The first-order chi connectivity index (χ1) is 7.54. The van der Waals surface area contributed by atoms with Crippen molar-refractivity contribution in [1.82, 2.24) is 5.32 Å². The van der Waals surface area contributed by atoms with E-state index in [4.69, 9.17) is 16.7 Å². The lowest BCUT2D eigenvalue weighted by Crippen LogP contribution is -2.30. The molecule has 0 saturated carbocycles. The van der Waals surface area contributed by atoms with Crippen molar-refractivity contribution in [2.45, 2.75) is 20.4 Å². The highest BCUT2D eigenvalue weighted by molar-refractivity contribution is 6.31. The SMILES string of the molecule is Cc1ccc(Cl)c(CNC(=O)C(C)CO)c1. The summed E-state index contributed by atoms with van der Waals surface area (Å²) in [5, 5.41) is 12.2. The van der Waals surface area contributed by atoms with Crippen molar-refractivity contribution in [3.63, 3.8) is 0 Å². The number of aryl methyl sites for hydroxylation is 1. The van der Waals surface area contributed by atoms with Crippen LogP contribution in [-0.2, 0) is 11.3 Å². The van der Waals surface area contributed by atoms with Gasteiger partial charge in [-0.2, -0.15) is 0 Å². The lowest BCUT2D eigenvalue weighted by atomic mass is 10.1. The van der Waals surface area contributed by atoms with E-state index < -0.39 is 0 Å². The molecule has 4 heteroatoms. The van der Waals surface area contributed by atoms with Gasteiger partial charge in [-0.1, -0.05) is 36.2 Å². The zero-order chi connectivity index (χ0) is 12.1. The summed E-state index contributed by atoms with van der Waals surface area (Å²) in [6.07, 6.45) is 0. The van der Waals surface area contributed by atoms with Gasteiger partial charge < -0.3 is 10.4 Å². The largest absolute Gasteiger partial charge is 0.396 e. The van der Waals surface area contributed by atoms with E-state index >= 15 is 0 Å². The predicted octanol–water partition coefficient (Wildman–Crippen LogP) is 1.89. The van der Waals surface area contributed by atoms with Crippen molar-refractivity contribution in [1.29, 1.82) is 0 Å². The third-order valence-electron chi connectivity index (χ3n) is 2.38. The molecule has 0 spiro atoms. The third kappa shape index (κ3) is 3.51. The molecule has 0 aliphatic rings. The van der Waals surface area contributed by atoms with E-state index in [9.17, 15) is 4.79 Å². The molecule has 0 heterocycles. The first-order valence-electron chi connectivity index (χ1n) is 5.18. The van der Waals surface area contributed by atoms with Crippen LogP contribution in [0, 0.1) is 12.8 Å². The summed E-state index contributed by atoms with van der Waals surface area (Å²) in [6.45, 7) is 3.89. The molecule has 16 heavy (non-hydrogen) atoms. The maximum atomic E-state index is 11.4. The van der Waals surface area contributed by atoms with Gasteiger partial charge in [0, 0.05) is 11.6 Å². The highest BCUT2D eigenvalue weighted by atomic mass is 35.5. The highest BCUT2D eigenvalue weighted by Crippen LogP contribution is 2.17. The fourth-order valence-corrected chi connectivity index (χ4v) is 1.46. The zero-order valence-corrected chi connectivity index (χ0v) is 10.2. The summed E-state index contributed by atoms with van der Waals surface area (Å²) >= 11 is 5.99. The van der Waals surface area contributed by atoms with Crippen LogP contribution in [0.4, 0.5) is 0 Å². The van der Waals surface area contributed by atoms with Crippen LogP contribution in [0.1, 0.15) is 18.1 Å². The maximum absolute atomic E-state index is 11.4. The molecule has 0 fully saturated rings. The minimum absolute atomic E-state index is 0.145. The lowest BCUT2D eigenvalue weighted by Gasteiger charge is -2.10. The highest BCUT2D eigenvalue weighted by Gasteiger charge is 2.11. The normalized spacial score (nSPS) is 12.2. The van der Waals surface area contributed by atoms with Crippen molar-refractivity contribution in [2.24, 2.45) is 5.92 Å². The number of carbonyl (C=O) groups is 1. The van der Waals surface area contributed by atoms with Crippen LogP contribution in [0.3, 0.4) is 0 Å². The van der Waals surface area contributed by atoms with Crippen LogP contribution >= 0.6 is 11.6 Å². The van der Waals surface area contributed by atoms with E-state index in [0.29, 0.717) is 11.6 Å². The Morgan fingerprint density at radius 3 is 2.88 bits per heavy atom. The number of rotatable bonds is 4. The Hall–Kier alpha value is -1.06. The van der Waals surface area contributed by atoms with Crippen LogP contribution in [0.2, 0.25) is 5.02 Å². The lowest BCUT2D eigenvalue weighted by molar-refractivity contribution is -0.125. The summed E-state index contributed by atoms with van der Waals surface area (Å²) in [4.78, 5) is 11.4. The van der Waals surface area contributed by atoms with Crippen LogP contribution in [0.15, 0.2) is 18.2 Å². The number of aliphatic hydroxyl groups excluding tert-OH is 1. The molecule has 0 saturated heterocycles. The number of benzene rings is 1. The van der Waals surface area contributed by atoms with Crippen molar-refractivity contribution in [3.8, 4) is 0 Å². The van der Waals surface area contributed by atoms with Gasteiger partial charge in [0.15, 0.2) is 0 Å². The van der Waals surface area contributed by atoms with Crippen molar-refractivity contribution < 1.29 is 9.90 Å². The van der Waals surface area contributed by atoms with Gasteiger partial charge in [0.2, 0.25) is 5.91 Å². The topological polar surface area (TPSA) is 49.3 Å². The molecule has 1 atom stereocenters. The van der Waals surface area contributed by atoms with Gasteiger partial charge in [-0.05, 0) is 18.6 Å². The van der Waals surface area contributed by atoms with Gasteiger partial charge in [0.25, 0.3) is 0 Å². The number of hydrogen-bond donors (Lipinski definition) is 2. The van der Waals surface area contributed by atoms with Gasteiger partial charge in [0.05, 0.1) is 12.5 Å². The van der Waals surface area contributed by atoms with Crippen molar-refractivity contribution in [2.75, 3.05) is 6.61 Å². The van der Waals surface area contributed by atoms with E-state index in [2.05, 4.69) is 5.32 Å². The van der Waals surface area contributed by atoms with Crippen LogP contribution in [-0.4, -0.2) is 17.6 Å². The minimum atomic E-state index is -0.386. The van der Waals surface area contributed by atoms with Gasteiger partial charge in [-0.25, -0.2) is 0 Å². The molecule has 0 aromatic heterocycles. The number of amides is 1. The van der Waals surface area contributed by atoms with Crippen LogP contribution < -0.4 is 5.32 Å². The van der Waals surface area contributed by atoms with Crippen molar-refractivity contribution in [3.05, 3.63) is 34.3 Å². The van der Waals surface area contributed by atoms with Gasteiger partial charge in [-0.15, -0.1) is 0 Å². The standard InChI is InChI=1S/C12H16ClNO2/c1-8-3-4-11(13)10(5-8)6-14-12(16)9(2)7-15/h3-5,9,15H,6-7H2,1-2H3,(H,14,16). The molecule has 0 aliphatic carbocycles. The fraction of sp³-hybridized carbons (Fsp3) is 0.417. The monoisotopic (exact) mass is 241 g/mol. The van der Waals surface area contributed by atoms with Crippen molar-refractivity contribution >= 4 is 17.5 Å². The van der Waals surface area contributed by atoms with E-state index in [1.54, 1.807) is 6.92 Å². The van der Waals surface area contributed by atoms with E-state index in [1.165, 1.54) is 0 Å². The second kappa shape index (κ2) is 5.87. The Kier molecular flexibility index (Phi) is 4.77.